The molecule has 1 aliphatic rings. The highest BCUT2D eigenvalue weighted by molar-refractivity contribution is 8.15. The molecule has 3 rings (SSSR count). The minimum Gasteiger partial charge on any atom is -0.326 e. The molecule has 5 nitrogen and oxygen atoms in total. The number of para-hydroxylation sites is 1. The number of aliphatic imine (C=N–C) groups is 1. The zero-order chi connectivity index (χ0) is 19.6. The van der Waals surface area contributed by atoms with E-state index >= 15 is 0 Å². The molecule has 2 amide bonds. The Bertz CT molecular complexity index is 903. The van der Waals surface area contributed by atoms with Gasteiger partial charge in [0.25, 0.3) is 0 Å². The molecule has 0 spiro atoms. The first kappa shape index (κ1) is 19.2. The van der Waals surface area contributed by atoms with E-state index in [1.54, 1.807) is 11.9 Å². The lowest BCUT2D eigenvalue weighted by Crippen LogP contribution is -2.30. The van der Waals surface area contributed by atoms with Crippen LogP contribution in [-0.2, 0) is 9.59 Å². The fraction of sp³-hybridized carbons (Fsp3) is 0.286. The van der Waals surface area contributed by atoms with Crippen molar-refractivity contribution in [3.8, 4) is 0 Å². The highest BCUT2D eigenvalue weighted by atomic mass is 32.2. The van der Waals surface area contributed by atoms with Gasteiger partial charge in [-0.25, -0.2) is 4.99 Å². The number of amidine groups is 1. The lowest BCUT2D eigenvalue weighted by atomic mass is 10.1. The minimum absolute atomic E-state index is 0.0932. The molecule has 140 valence electrons. The number of rotatable bonds is 4. The van der Waals surface area contributed by atoms with E-state index in [9.17, 15) is 9.59 Å². The van der Waals surface area contributed by atoms with Gasteiger partial charge in [0.05, 0.1) is 5.69 Å². The molecular formula is C21H23N3O2S. The van der Waals surface area contributed by atoms with Gasteiger partial charge in [0.1, 0.15) is 5.25 Å². The van der Waals surface area contributed by atoms with Crippen molar-refractivity contribution < 1.29 is 9.59 Å². The second-order valence-corrected chi connectivity index (χ2v) is 7.93. The molecule has 0 aromatic heterocycles. The van der Waals surface area contributed by atoms with Crippen molar-refractivity contribution in [1.29, 1.82) is 0 Å². The fourth-order valence-electron chi connectivity index (χ4n) is 2.98. The predicted octanol–water partition coefficient (Wildman–Crippen LogP) is 4.20. The topological polar surface area (TPSA) is 61.8 Å². The van der Waals surface area contributed by atoms with Gasteiger partial charge < -0.3 is 5.32 Å². The third-order valence-electron chi connectivity index (χ3n) is 4.46. The number of aryl methyl sites for hydroxylation is 3. The quantitative estimate of drug-likeness (QED) is 0.863. The summed E-state index contributed by atoms with van der Waals surface area (Å²) in [4.78, 5) is 31.2. The van der Waals surface area contributed by atoms with Crippen molar-refractivity contribution in [2.24, 2.45) is 4.99 Å². The lowest BCUT2D eigenvalue weighted by molar-refractivity contribution is -0.127. The minimum atomic E-state index is -0.456. The summed E-state index contributed by atoms with van der Waals surface area (Å²) in [6.07, 6.45) is 0.119. The number of nitrogens with one attached hydrogen (secondary N) is 1. The van der Waals surface area contributed by atoms with Crippen LogP contribution in [-0.4, -0.2) is 34.2 Å². The maximum absolute atomic E-state index is 12.6. The van der Waals surface area contributed by atoms with Crippen LogP contribution in [0.5, 0.6) is 0 Å². The summed E-state index contributed by atoms with van der Waals surface area (Å²) in [6, 6.07) is 13.6. The zero-order valence-corrected chi connectivity index (χ0v) is 16.8. The van der Waals surface area contributed by atoms with Crippen LogP contribution in [0.4, 0.5) is 11.4 Å². The van der Waals surface area contributed by atoms with E-state index in [0.29, 0.717) is 5.17 Å². The van der Waals surface area contributed by atoms with E-state index in [1.165, 1.54) is 11.8 Å². The molecule has 1 aliphatic heterocycles. The van der Waals surface area contributed by atoms with E-state index in [-0.39, 0.29) is 18.2 Å². The number of benzene rings is 2. The first-order valence-corrected chi connectivity index (χ1v) is 9.69. The molecule has 2 aromatic rings. The summed E-state index contributed by atoms with van der Waals surface area (Å²) < 4.78 is 0. The highest BCUT2D eigenvalue weighted by Crippen LogP contribution is 2.32. The van der Waals surface area contributed by atoms with E-state index in [2.05, 4.69) is 5.32 Å². The molecule has 0 unspecified atom stereocenters. The Morgan fingerprint density at radius 3 is 2.48 bits per heavy atom. The largest absolute Gasteiger partial charge is 0.326 e. The van der Waals surface area contributed by atoms with Crippen molar-refractivity contribution in [3.63, 3.8) is 0 Å². The van der Waals surface area contributed by atoms with Gasteiger partial charge in [0.2, 0.25) is 11.8 Å². The van der Waals surface area contributed by atoms with Gasteiger partial charge in [-0.15, -0.1) is 0 Å². The first-order chi connectivity index (χ1) is 12.8. The molecule has 0 radical (unpaired) electrons. The van der Waals surface area contributed by atoms with Crippen LogP contribution in [0.1, 0.15) is 23.1 Å². The van der Waals surface area contributed by atoms with Crippen LogP contribution >= 0.6 is 11.8 Å². The predicted molar refractivity (Wildman–Crippen MR) is 112 cm³/mol. The molecule has 27 heavy (non-hydrogen) atoms. The maximum Gasteiger partial charge on any atom is 0.242 e. The smallest absolute Gasteiger partial charge is 0.242 e. The van der Waals surface area contributed by atoms with Crippen LogP contribution in [0, 0.1) is 20.8 Å². The molecule has 1 N–H and O–H groups in total. The summed E-state index contributed by atoms with van der Waals surface area (Å²) in [5.41, 5.74) is 4.81. The summed E-state index contributed by atoms with van der Waals surface area (Å²) in [6.45, 7) is 5.97. The first-order valence-electron chi connectivity index (χ1n) is 8.81. The molecule has 1 heterocycles. The molecule has 1 fully saturated rings. The Morgan fingerprint density at radius 1 is 1.15 bits per heavy atom. The SMILES string of the molecule is Cc1cccc(NC(=O)C[C@@H]2SC(=Nc3c(C)cccc3C)N(C)C2=O)c1. The molecule has 6 heteroatoms. The lowest BCUT2D eigenvalue weighted by Gasteiger charge is -2.10. The molecule has 0 bridgehead atoms. The summed E-state index contributed by atoms with van der Waals surface area (Å²) in [7, 11) is 1.71. The Kier molecular flexibility index (Phi) is 5.65. The molecule has 0 saturated carbocycles. The van der Waals surface area contributed by atoms with E-state index in [0.717, 1.165) is 28.1 Å². The number of carbonyl (C=O) groups excluding carboxylic acids is 2. The van der Waals surface area contributed by atoms with Crippen molar-refractivity contribution in [2.45, 2.75) is 32.4 Å². The van der Waals surface area contributed by atoms with Crippen LogP contribution in [0.3, 0.4) is 0 Å². The Labute approximate surface area is 163 Å². The number of thioether (sulfide) groups is 1. The second-order valence-electron chi connectivity index (χ2n) is 6.76. The molecule has 1 atom stereocenters. The number of amides is 2. The standard InChI is InChI=1S/C21H23N3O2S/c1-13-7-5-10-16(11-13)22-18(25)12-17-20(26)24(4)21(27-17)23-19-14(2)8-6-9-15(19)3/h5-11,17H,12H2,1-4H3,(H,22,25)/t17-/m0/s1. The van der Waals surface area contributed by atoms with Gasteiger partial charge in [-0.1, -0.05) is 42.1 Å². The van der Waals surface area contributed by atoms with Gasteiger partial charge in [-0.05, 0) is 49.6 Å². The Balaban J connectivity index is 1.72. The second kappa shape index (κ2) is 7.96. The van der Waals surface area contributed by atoms with Gasteiger partial charge in [-0.2, -0.15) is 0 Å². The number of anilines is 1. The van der Waals surface area contributed by atoms with Crippen molar-refractivity contribution >= 4 is 40.1 Å². The van der Waals surface area contributed by atoms with Gasteiger partial charge in [-0.3, -0.25) is 14.5 Å². The van der Waals surface area contributed by atoms with Gasteiger partial charge in [0, 0.05) is 19.2 Å². The van der Waals surface area contributed by atoms with E-state index in [1.807, 2.05) is 63.2 Å². The number of nitrogens with zero attached hydrogens (tertiary/aromatic N) is 2. The van der Waals surface area contributed by atoms with E-state index < -0.39 is 5.25 Å². The molecule has 1 saturated heterocycles. The van der Waals surface area contributed by atoms with Crippen molar-refractivity contribution in [3.05, 3.63) is 59.2 Å². The highest BCUT2D eigenvalue weighted by Gasteiger charge is 2.37. The summed E-state index contributed by atoms with van der Waals surface area (Å²) >= 11 is 1.35. The molecular weight excluding hydrogens is 358 g/mol. The van der Waals surface area contributed by atoms with Crippen molar-refractivity contribution in [1.82, 2.24) is 4.90 Å². The van der Waals surface area contributed by atoms with Crippen LogP contribution in [0.2, 0.25) is 0 Å². The molecule has 2 aromatic carbocycles. The number of hydrogen-bond acceptors (Lipinski definition) is 4. The number of hydrogen-bond donors (Lipinski definition) is 1. The Hall–Kier alpha value is -2.60. The normalized spacial score (nSPS) is 18.2. The fourth-order valence-corrected chi connectivity index (χ4v) is 4.12. The average Bonchev–Trinajstić information content (AvgIpc) is 2.86. The van der Waals surface area contributed by atoms with Crippen LogP contribution < -0.4 is 5.32 Å². The monoisotopic (exact) mass is 381 g/mol. The van der Waals surface area contributed by atoms with Crippen molar-refractivity contribution in [2.75, 3.05) is 12.4 Å². The Morgan fingerprint density at radius 2 is 1.81 bits per heavy atom. The number of carbonyl (C=O) groups is 2. The van der Waals surface area contributed by atoms with Gasteiger partial charge >= 0.3 is 0 Å². The maximum atomic E-state index is 12.6. The van der Waals surface area contributed by atoms with Crippen LogP contribution in [0.25, 0.3) is 0 Å². The summed E-state index contributed by atoms with van der Waals surface area (Å²) in [5.74, 6) is -0.266. The van der Waals surface area contributed by atoms with E-state index in [4.69, 9.17) is 4.99 Å². The summed E-state index contributed by atoms with van der Waals surface area (Å²) in [5, 5.41) is 3.04. The molecule has 0 aliphatic carbocycles. The van der Waals surface area contributed by atoms with Crippen LogP contribution in [0.15, 0.2) is 47.5 Å². The van der Waals surface area contributed by atoms with Gasteiger partial charge in [0.15, 0.2) is 5.17 Å². The average molecular weight is 382 g/mol. The third kappa shape index (κ3) is 4.39. The third-order valence-corrected chi connectivity index (χ3v) is 5.69. The zero-order valence-electron chi connectivity index (χ0n) is 15.9.